The van der Waals surface area contributed by atoms with E-state index in [0.717, 1.165) is 11.3 Å². The van der Waals surface area contributed by atoms with Crippen LogP contribution in [-0.2, 0) is 11.2 Å². The normalized spacial score (nSPS) is 11.2. The molecule has 2 aromatic carbocycles. The van der Waals surface area contributed by atoms with Gasteiger partial charge < -0.3 is 4.74 Å². The highest BCUT2D eigenvalue weighted by molar-refractivity contribution is 7.76. The van der Waals surface area contributed by atoms with E-state index in [1.54, 1.807) is 0 Å². The predicted octanol–water partition coefficient (Wildman–Crippen LogP) is 3.07. The van der Waals surface area contributed by atoms with E-state index in [0.29, 0.717) is 18.6 Å². The molecular weight excluding hydrogens is 303 g/mol. The lowest BCUT2D eigenvalue weighted by molar-refractivity contribution is -0.114. The molecule has 0 aliphatic rings. The fourth-order valence-corrected chi connectivity index (χ4v) is 2.44. The number of aryl methyl sites for hydroxylation is 1. The Balaban J connectivity index is 1.90. The molecule has 0 fully saturated rings. The highest BCUT2D eigenvalue weighted by Crippen LogP contribution is 2.46. The quantitative estimate of drug-likeness (QED) is 0.682. The highest BCUT2D eigenvalue weighted by atomic mass is 31.2. The summed E-state index contributed by atoms with van der Waals surface area (Å²) in [5.74, 6) is 1.44. The van der Waals surface area contributed by atoms with Gasteiger partial charge in [0.05, 0.1) is 6.42 Å². The third-order valence-electron chi connectivity index (χ3n) is 3.07. The molecule has 116 valence electrons. The Kier molecular flexibility index (Phi) is 5.63. The van der Waals surface area contributed by atoms with Gasteiger partial charge >= 0.3 is 13.5 Å². The van der Waals surface area contributed by atoms with E-state index in [4.69, 9.17) is 19.4 Å². The summed E-state index contributed by atoms with van der Waals surface area (Å²) < 4.78 is 5.72. The summed E-state index contributed by atoms with van der Waals surface area (Å²) in [5, 5.41) is 0. The fourth-order valence-electron chi connectivity index (χ4n) is 1.98. The Bertz CT molecular complexity index is 622. The van der Waals surface area contributed by atoms with Crippen LogP contribution >= 0.6 is 7.94 Å². The fraction of sp³-hybridized carbons (Fsp3) is 0.188. The van der Waals surface area contributed by atoms with Crippen LogP contribution in [0.15, 0.2) is 54.6 Å². The molecular formula is C16H18O5P+. The average Bonchev–Trinajstić information content (AvgIpc) is 2.47. The first-order chi connectivity index (χ1) is 10.4. The topological polar surface area (TPSA) is 87.0 Å². The van der Waals surface area contributed by atoms with Gasteiger partial charge in [-0.15, -0.1) is 0 Å². The van der Waals surface area contributed by atoms with Crippen LogP contribution in [0.4, 0.5) is 0 Å². The van der Waals surface area contributed by atoms with Gasteiger partial charge in [0.25, 0.3) is 0 Å². The van der Waals surface area contributed by atoms with E-state index >= 15 is 0 Å². The van der Waals surface area contributed by atoms with Crippen LogP contribution in [-0.4, -0.2) is 20.2 Å². The van der Waals surface area contributed by atoms with Crippen molar-refractivity contribution in [3.8, 4) is 11.5 Å². The Hall–Kier alpha value is -1.78. The molecule has 0 aliphatic heterocycles. The first kappa shape index (κ1) is 16.6. The summed E-state index contributed by atoms with van der Waals surface area (Å²) in [6, 6.07) is 16.9. The summed E-state index contributed by atoms with van der Waals surface area (Å²) in [7, 11) is -4.35. The van der Waals surface area contributed by atoms with E-state index in [1.165, 1.54) is 0 Å². The van der Waals surface area contributed by atoms with E-state index in [2.05, 4.69) is 0 Å². The molecule has 2 aromatic rings. The minimum Gasteiger partial charge on any atom is -0.457 e. The smallest absolute Gasteiger partial charge is 0.457 e. The van der Waals surface area contributed by atoms with Crippen LogP contribution in [0.5, 0.6) is 11.5 Å². The molecule has 0 heterocycles. The van der Waals surface area contributed by atoms with Crippen molar-refractivity contribution < 1.29 is 24.2 Å². The third kappa shape index (κ3) is 5.20. The molecule has 5 nitrogen and oxygen atoms in total. The van der Waals surface area contributed by atoms with Crippen molar-refractivity contribution in [2.24, 2.45) is 0 Å². The van der Waals surface area contributed by atoms with Gasteiger partial charge in [-0.25, -0.2) is 4.79 Å². The molecule has 0 bridgehead atoms. The molecule has 0 amide bonds. The lowest BCUT2D eigenvalue weighted by Crippen LogP contribution is -2.05. The van der Waals surface area contributed by atoms with Crippen molar-refractivity contribution in [1.29, 1.82) is 0 Å². The standard InChI is InChI=1S/C16H18O5P/c17-16(22(18,19)20)11-5-7-13-6-4-10-15(12-13)21-14-8-2-1-3-9-14/h1-4,6,8-10,12,18-20H,5,7,11H2/q+1. The third-order valence-corrected chi connectivity index (χ3v) is 3.96. The van der Waals surface area contributed by atoms with Gasteiger partial charge in [-0.2, -0.15) is 14.7 Å². The number of carbonyl (C=O) groups is 1. The van der Waals surface area contributed by atoms with Gasteiger partial charge in [-0.1, -0.05) is 30.3 Å². The minimum absolute atomic E-state index is 0.0684. The Morgan fingerprint density at radius 2 is 1.64 bits per heavy atom. The van der Waals surface area contributed by atoms with Gasteiger partial charge in [0, 0.05) is 0 Å². The molecule has 0 saturated carbocycles. The van der Waals surface area contributed by atoms with Crippen LogP contribution in [0, 0.1) is 0 Å². The number of benzene rings is 2. The van der Waals surface area contributed by atoms with Crippen LogP contribution < -0.4 is 4.74 Å². The monoisotopic (exact) mass is 321 g/mol. The second-order valence-corrected chi connectivity index (χ2v) is 6.51. The van der Waals surface area contributed by atoms with Crippen LogP contribution in [0.3, 0.4) is 0 Å². The first-order valence-electron chi connectivity index (χ1n) is 6.88. The number of ether oxygens (including phenoxy) is 1. The summed E-state index contributed by atoms with van der Waals surface area (Å²) in [5.41, 5.74) is 0.0724. The lowest BCUT2D eigenvalue weighted by atomic mass is 10.1. The van der Waals surface area contributed by atoms with Crippen molar-refractivity contribution >= 4 is 13.5 Å². The zero-order valence-corrected chi connectivity index (χ0v) is 12.8. The minimum atomic E-state index is -4.35. The van der Waals surface area contributed by atoms with Crippen molar-refractivity contribution in [1.82, 2.24) is 0 Å². The van der Waals surface area contributed by atoms with Gasteiger partial charge in [0.2, 0.25) is 0 Å². The number of hydrogen-bond acceptors (Lipinski definition) is 5. The van der Waals surface area contributed by atoms with Crippen LogP contribution in [0.1, 0.15) is 18.4 Å². The van der Waals surface area contributed by atoms with Crippen molar-refractivity contribution in [2.75, 3.05) is 0 Å². The second kappa shape index (κ2) is 7.47. The lowest BCUT2D eigenvalue weighted by Gasteiger charge is -2.07. The Labute approximate surface area is 129 Å². The van der Waals surface area contributed by atoms with Gasteiger partial charge in [-0.3, -0.25) is 0 Å². The van der Waals surface area contributed by atoms with Crippen LogP contribution in [0.25, 0.3) is 0 Å². The highest BCUT2D eigenvalue weighted by Gasteiger charge is 2.41. The van der Waals surface area contributed by atoms with E-state index in [9.17, 15) is 4.79 Å². The summed E-state index contributed by atoms with van der Waals surface area (Å²) in [4.78, 5) is 37.8. The van der Waals surface area contributed by atoms with Crippen LogP contribution in [0.2, 0.25) is 0 Å². The maximum atomic E-state index is 11.2. The molecule has 0 aromatic heterocycles. The number of rotatable bonds is 7. The summed E-state index contributed by atoms with van der Waals surface area (Å²) >= 11 is 0. The molecule has 0 saturated heterocycles. The predicted molar refractivity (Wildman–Crippen MR) is 84.5 cm³/mol. The SMILES string of the molecule is O=C(CCCc1cccc(Oc2ccccc2)c1)[P+](O)(O)O. The zero-order chi connectivity index (χ0) is 16.0. The summed E-state index contributed by atoms with van der Waals surface area (Å²) in [6.07, 6.45) is 0.940. The zero-order valence-electron chi connectivity index (χ0n) is 11.9. The molecule has 0 radical (unpaired) electrons. The van der Waals surface area contributed by atoms with E-state index < -0.39 is 13.5 Å². The summed E-state index contributed by atoms with van der Waals surface area (Å²) in [6.45, 7) is 0. The van der Waals surface area contributed by atoms with Crippen molar-refractivity contribution in [2.45, 2.75) is 19.3 Å². The maximum Gasteiger partial charge on any atom is 0.478 e. The molecule has 6 heteroatoms. The molecule has 0 spiro atoms. The molecule has 2 rings (SSSR count). The van der Waals surface area contributed by atoms with E-state index in [-0.39, 0.29) is 6.42 Å². The number of carbonyl (C=O) groups excluding carboxylic acids is 1. The molecule has 3 N–H and O–H groups in total. The van der Waals surface area contributed by atoms with Gasteiger partial charge in [0.15, 0.2) is 0 Å². The van der Waals surface area contributed by atoms with Gasteiger partial charge in [0.1, 0.15) is 11.5 Å². The van der Waals surface area contributed by atoms with Crippen molar-refractivity contribution in [3.63, 3.8) is 0 Å². The Morgan fingerprint density at radius 1 is 0.955 bits per heavy atom. The van der Waals surface area contributed by atoms with Crippen molar-refractivity contribution in [3.05, 3.63) is 60.2 Å². The Morgan fingerprint density at radius 3 is 2.32 bits per heavy atom. The maximum absolute atomic E-state index is 11.2. The average molecular weight is 321 g/mol. The first-order valence-corrected chi connectivity index (χ1v) is 8.52. The molecule has 0 aliphatic carbocycles. The second-order valence-electron chi connectivity index (χ2n) is 4.88. The number of para-hydroxylation sites is 1. The molecule has 0 unspecified atom stereocenters. The van der Waals surface area contributed by atoms with Gasteiger partial charge in [-0.05, 0) is 42.7 Å². The van der Waals surface area contributed by atoms with E-state index in [1.807, 2.05) is 54.6 Å². The molecule has 0 atom stereocenters. The largest absolute Gasteiger partial charge is 0.478 e. The molecule has 22 heavy (non-hydrogen) atoms. The number of hydrogen-bond donors (Lipinski definition) is 3.